The van der Waals surface area contributed by atoms with E-state index in [9.17, 15) is 14.7 Å². The topological polar surface area (TPSA) is 82.1 Å². The van der Waals surface area contributed by atoms with Crippen LogP contribution in [-0.2, 0) is 30.2 Å². The van der Waals surface area contributed by atoms with Gasteiger partial charge in [0.25, 0.3) is 0 Å². The smallest absolute Gasteiger partial charge is 0.309 e. The van der Waals surface area contributed by atoms with Gasteiger partial charge in [-0.05, 0) is 49.5 Å². The van der Waals surface area contributed by atoms with Crippen molar-refractivity contribution < 1.29 is 28.9 Å². The molecular weight excluding hydrogens is 420 g/mol. The Morgan fingerprint density at radius 1 is 0.939 bits per heavy atom. The fourth-order valence-electron chi connectivity index (χ4n) is 4.85. The maximum absolute atomic E-state index is 12.5. The van der Waals surface area contributed by atoms with Gasteiger partial charge in [-0.2, -0.15) is 0 Å². The lowest BCUT2D eigenvalue weighted by molar-refractivity contribution is -0.177. The summed E-state index contributed by atoms with van der Waals surface area (Å²) < 4.78 is 17.5. The molecule has 2 aliphatic rings. The number of ether oxygens (including phenoxy) is 3. The third kappa shape index (κ3) is 8.42. The summed E-state index contributed by atoms with van der Waals surface area (Å²) in [7, 11) is 0. The third-order valence-electron chi connectivity index (χ3n) is 6.99. The molecule has 0 spiro atoms. The van der Waals surface area contributed by atoms with E-state index in [1.807, 2.05) is 6.07 Å². The van der Waals surface area contributed by atoms with Gasteiger partial charge in [0.2, 0.25) is 0 Å². The van der Waals surface area contributed by atoms with Crippen molar-refractivity contribution in [1.82, 2.24) is 0 Å². The molecule has 0 radical (unpaired) electrons. The summed E-state index contributed by atoms with van der Waals surface area (Å²) in [6, 6.07) is 10.5. The van der Waals surface area contributed by atoms with Crippen LogP contribution in [-0.4, -0.2) is 48.1 Å². The van der Waals surface area contributed by atoms with Gasteiger partial charge in [0.15, 0.2) is 0 Å². The number of aliphatic hydroxyl groups excluding tert-OH is 1. The van der Waals surface area contributed by atoms with Gasteiger partial charge in [-0.3, -0.25) is 9.59 Å². The summed E-state index contributed by atoms with van der Waals surface area (Å²) in [6.45, 7) is 3.97. The van der Waals surface area contributed by atoms with Gasteiger partial charge >= 0.3 is 11.9 Å². The van der Waals surface area contributed by atoms with Crippen LogP contribution in [0.5, 0.6) is 0 Å². The predicted molar refractivity (Wildman–Crippen MR) is 126 cm³/mol. The molecule has 3 rings (SSSR count). The number of hydrogen-bond donors (Lipinski definition) is 1. The first-order chi connectivity index (χ1) is 15.9. The van der Waals surface area contributed by atoms with Crippen LogP contribution < -0.4 is 0 Å². The quantitative estimate of drug-likeness (QED) is 0.445. The zero-order valence-corrected chi connectivity index (χ0v) is 20.2. The van der Waals surface area contributed by atoms with Crippen molar-refractivity contribution >= 4 is 11.9 Å². The fraction of sp³-hybridized carbons (Fsp3) is 0.704. The molecule has 6 heteroatoms. The molecule has 4 atom stereocenters. The summed E-state index contributed by atoms with van der Waals surface area (Å²) in [5, 5.41) is 9.53. The minimum absolute atomic E-state index is 0.0432. The highest BCUT2D eigenvalue weighted by molar-refractivity contribution is 5.73. The highest BCUT2D eigenvalue weighted by atomic mass is 16.6. The molecule has 184 valence electrons. The first-order valence-corrected chi connectivity index (χ1v) is 12.5. The van der Waals surface area contributed by atoms with Gasteiger partial charge in [-0.15, -0.1) is 0 Å². The molecule has 0 aromatic heterocycles. The summed E-state index contributed by atoms with van der Waals surface area (Å²) in [5.74, 6) is -0.861. The molecule has 6 nitrogen and oxygen atoms in total. The fourth-order valence-corrected chi connectivity index (χ4v) is 4.85. The van der Waals surface area contributed by atoms with Gasteiger partial charge in [-0.1, -0.05) is 57.0 Å². The number of cyclic esters (lactones) is 2. The number of esters is 2. The normalized spacial score (nSPS) is 28.2. The summed E-state index contributed by atoms with van der Waals surface area (Å²) in [4.78, 5) is 24.8. The van der Waals surface area contributed by atoms with E-state index in [2.05, 4.69) is 38.1 Å². The van der Waals surface area contributed by atoms with Crippen molar-refractivity contribution in [2.24, 2.45) is 5.41 Å². The molecule has 0 aliphatic carbocycles. The average Bonchev–Trinajstić information content (AvgIpc) is 2.77. The lowest BCUT2D eigenvalue weighted by Crippen LogP contribution is -2.45. The van der Waals surface area contributed by atoms with Crippen LogP contribution in [0.15, 0.2) is 30.3 Å². The Hall–Kier alpha value is -1.92. The van der Waals surface area contributed by atoms with Crippen molar-refractivity contribution in [3.8, 4) is 0 Å². The van der Waals surface area contributed by atoms with Gasteiger partial charge in [-0.25, -0.2) is 0 Å². The van der Waals surface area contributed by atoms with E-state index in [-0.39, 0.29) is 36.6 Å². The van der Waals surface area contributed by atoms with Crippen molar-refractivity contribution in [3.05, 3.63) is 35.9 Å². The van der Waals surface area contributed by atoms with Gasteiger partial charge in [0.05, 0.1) is 31.7 Å². The van der Waals surface area contributed by atoms with Crippen LogP contribution in [0.3, 0.4) is 0 Å². The second-order valence-electron chi connectivity index (χ2n) is 10.3. The van der Waals surface area contributed by atoms with E-state index in [0.29, 0.717) is 6.42 Å². The van der Waals surface area contributed by atoms with Crippen LogP contribution >= 0.6 is 0 Å². The molecule has 1 aromatic carbocycles. The Bertz CT molecular complexity index is 746. The molecule has 2 fully saturated rings. The minimum Gasteiger partial charge on any atom is -0.462 e. The summed E-state index contributed by atoms with van der Waals surface area (Å²) in [5.41, 5.74) is 1.33. The Kier molecular flexibility index (Phi) is 9.75. The van der Waals surface area contributed by atoms with Crippen molar-refractivity contribution in [1.29, 1.82) is 0 Å². The van der Waals surface area contributed by atoms with E-state index < -0.39 is 24.6 Å². The molecule has 1 N–H and O–H groups in total. The number of carbonyl (C=O) groups excluding carboxylic acids is 2. The van der Waals surface area contributed by atoms with E-state index in [4.69, 9.17) is 14.2 Å². The van der Waals surface area contributed by atoms with E-state index in [1.54, 1.807) is 0 Å². The summed E-state index contributed by atoms with van der Waals surface area (Å²) >= 11 is 0. The second-order valence-corrected chi connectivity index (χ2v) is 10.3. The maximum Gasteiger partial charge on any atom is 0.309 e. The van der Waals surface area contributed by atoms with Crippen LogP contribution in [0.2, 0.25) is 0 Å². The minimum atomic E-state index is -0.862. The molecule has 1 aromatic rings. The molecule has 2 bridgehead atoms. The van der Waals surface area contributed by atoms with Crippen molar-refractivity contribution in [2.75, 3.05) is 6.61 Å². The number of aliphatic hydroxyl groups is 1. The molecule has 2 heterocycles. The number of carbonyl (C=O) groups is 2. The maximum atomic E-state index is 12.5. The number of benzene rings is 1. The van der Waals surface area contributed by atoms with E-state index in [0.717, 1.165) is 51.4 Å². The zero-order chi connectivity index (χ0) is 23.7. The first kappa shape index (κ1) is 25.7. The number of aryl methyl sites for hydroxylation is 1. The van der Waals surface area contributed by atoms with Crippen molar-refractivity contribution in [2.45, 2.75) is 109 Å². The van der Waals surface area contributed by atoms with E-state index >= 15 is 0 Å². The third-order valence-corrected chi connectivity index (χ3v) is 6.99. The highest BCUT2D eigenvalue weighted by Gasteiger charge is 2.40. The van der Waals surface area contributed by atoms with Crippen LogP contribution in [0.25, 0.3) is 0 Å². The molecule has 0 amide bonds. The number of rotatable bonds is 8. The largest absolute Gasteiger partial charge is 0.462 e. The average molecular weight is 461 g/mol. The lowest BCUT2D eigenvalue weighted by atomic mass is 9.76. The molecular formula is C27H40O6. The molecule has 2 aliphatic heterocycles. The van der Waals surface area contributed by atoms with Crippen LogP contribution in [0.1, 0.15) is 83.6 Å². The second kappa shape index (κ2) is 12.5. The molecule has 0 saturated carbocycles. The van der Waals surface area contributed by atoms with Crippen molar-refractivity contribution in [3.63, 3.8) is 0 Å². The standard InChI is InChI=1S/C27H40O6/c1-27(2)15-14-22-17-25(29)33-23(19-28)18-26(30)32-21(16-24(27)31-22)13-9-4-3-6-10-20-11-7-5-8-12-20/h5,7-8,11-12,21-24,28H,3-4,6,9-10,13-19H2,1-2H3/t21-,22-,23-,24+/m1/s1. The number of unbranched alkanes of at least 4 members (excludes halogenated alkanes) is 3. The Balaban J connectivity index is 1.55. The van der Waals surface area contributed by atoms with Gasteiger partial charge < -0.3 is 19.3 Å². The van der Waals surface area contributed by atoms with Gasteiger partial charge in [0, 0.05) is 6.42 Å². The lowest BCUT2D eigenvalue weighted by Gasteiger charge is -2.43. The van der Waals surface area contributed by atoms with Crippen LogP contribution in [0, 0.1) is 5.41 Å². The monoisotopic (exact) mass is 460 g/mol. The highest BCUT2D eigenvalue weighted by Crippen LogP contribution is 2.40. The number of fused-ring (bicyclic) bond motifs is 2. The zero-order valence-electron chi connectivity index (χ0n) is 20.2. The Morgan fingerprint density at radius 2 is 1.64 bits per heavy atom. The first-order valence-electron chi connectivity index (χ1n) is 12.5. The Labute approximate surface area is 198 Å². The Morgan fingerprint density at radius 3 is 2.39 bits per heavy atom. The predicted octanol–water partition coefficient (Wildman–Crippen LogP) is 4.75. The number of hydrogen-bond acceptors (Lipinski definition) is 6. The molecule has 2 saturated heterocycles. The SMILES string of the molecule is CC1(C)CC[C@@H]2CC(=O)O[C@@H](CO)CC(=O)O[C@H](CCCCCCc3ccccc3)C[C@@H]1O2. The van der Waals surface area contributed by atoms with Gasteiger partial charge in [0.1, 0.15) is 12.2 Å². The molecule has 0 unspecified atom stereocenters. The molecule has 33 heavy (non-hydrogen) atoms. The van der Waals surface area contributed by atoms with E-state index in [1.165, 1.54) is 5.56 Å². The van der Waals surface area contributed by atoms with Crippen LogP contribution in [0.4, 0.5) is 0 Å². The summed E-state index contributed by atoms with van der Waals surface area (Å²) in [6.07, 6.45) is 7.32.